The SMILES string of the molecule is O=C(C1CC1)N(Cc1ccccc1)C[C@H]1CC(c2ccc(Cl)cc2)=NO1. The predicted molar refractivity (Wildman–Crippen MR) is 102 cm³/mol. The number of carbonyl (C=O) groups excluding carboxylic acids is 1. The van der Waals surface area contributed by atoms with Crippen molar-refractivity contribution in [2.75, 3.05) is 6.54 Å². The molecule has 1 saturated carbocycles. The Morgan fingerprint density at radius 2 is 1.85 bits per heavy atom. The van der Waals surface area contributed by atoms with E-state index in [-0.39, 0.29) is 17.9 Å². The number of rotatable bonds is 6. The van der Waals surface area contributed by atoms with Crippen molar-refractivity contribution >= 4 is 23.2 Å². The van der Waals surface area contributed by atoms with Crippen molar-refractivity contribution < 1.29 is 9.63 Å². The zero-order valence-electron chi connectivity index (χ0n) is 14.5. The summed E-state index contributed by atoms with van der Waals surface area (Å²) >= 11 is 5.95. The summed E-state index contributed by atoms with van der Waals surface area (Å²) in [6, 6.07) is 17.7. The third-order valence-corrected chi connectivity index (χ3v) is 5.04. The maximum absolute atomic E-state index is 12.7. The van der Waals surface area contributed by atoms with Gasteiger partial charge in [0.1, 0.15) is 0 Å². The summed E-state index contributed by atoms with van der Waals surface area (Å²) in [7, 11) is 0. The molecule has 0 radical (unpaired) electrons. The van der Waals surface area contributed by atoms with Crippen molar-refractivity contribution in [3.05, 3.63) is 70.7 Å². The van der Waals surface area contributed by atoms with Crippen LogP contribution in [0.25, 0.3) is 0 Å². The molecule has 0 N–H and O–H groups in total. The summed E-state index contributed by atoms with van der Waals surface area (Å²) in [6.07, 6.45) is 2.60. The van der Waals surface area contributed by atoms with Gasteiger partial charge in [-0.3, -0.25) is 4.79 Å². The van der Waals surface area contributed by atoms with Crippen molar-refractivity contribution in [1.29, 1.82) is 0 Å². The molecule has 1 fully saturated rings. The molecule has 1 atom stereocenters. The van der Waals surface area contributed by atoms with E-state index in [0.717, 1.165) is 29.7 Å². The Hall–Kier alpha value is -2.33. The number of hydrogen-bond donors (Lipinski definition) is 0. The molecule has 1 aliphatic carbocycles. The van der Waals surface area contributed by atoms with Crippen LogP contribution >= 0.6 is 11.6 Å². The lowest BCUT2D eigenvalue weighted by Gasteiger charge is -2.25. The van der Waals surface area contributed by atoms with Crippen LogP contribution in [0.4, 0.5) is 0 Å². The quantitative estimate of drug-likeness (QED) is 0.764. The summed E-state index contributed by atoms with van der Waals surface area (Å²) in [5, 5.41) is 4.94. The molecular weight excluding hydrogens is 348 g/mol. The van der Waals surface area contributed by atoms with Crippen LogP contribution in [-0.4, -0.2) is 29.2 Å². The zero-order valence-corrected chi connectivity index (χ0v) is 15.2. The predicted octanol–water partition coefficient (Wildman–Crippen LogP) is 4.27. The molecular formula is C21H21ClN2O2. The molecule has 0 unspecified atom stereocenters. The first-order chi connectivity index (χ1) is 12.7. The highest BCUT2D eigenvalue weighted by molar-refractivity contribution is 6.30. The van der Waals surface area contributed by atoms with Crippen molar-refractivity contribution in [3.8, 4) is 0 Å². The highest BCUT2D eigenvalue weighted by Gasteiger charge is 2.35. The molecule has 4 nitrogen and oxygen atoms in total. The van der Waals surface area contributed by atoms with Gasteiger partial charge in [0.25, 0.3) is 0 Å². The number of benzene rings is 2. The minimum absolute atomic E-state index is 0.105. The largest absolute Gasteiger partial charge is 0.390 e. The van der Waals surface area contributed by atoms with E-state index in [9.17, 15) is 4.79 Å². The third kappa shape index (κ3) is 4.07. The molecule has 1 heterocycles. The van der Waals surface area contributed by atoms with Gasteiger partial charge < -0.3 is 9.74 Å². The van der Waals surface area contributed by atoms with E-state index in [1.807, 2.05) is 47.4 Å². The Labute approximate surface area is 158 Å². The number of hydrogen-bond acceptors (Lipinski definition) is 3. The van der Waals surface area contributed by atoms with Gasteiger partial charge in [0.15, 0.2) is 6.10 Å². The van der Waals surface area contributed by atoms with Gasteiger partial charge in [-0.2, -0.15) is 0 Å². The Kier molecular flexibility index (Phi) is 4.93. The van der Waals surface area contributed by atoms with Crippen molar-refractivity contribution in [1.82, 2.24) is 4.90 Å². The van der Waals surface area contributed by atoms with Gasteiger partial charge in [0, 0.05) is 23.9 Å². The molecule has 0 spiro atoms. The van der Waals surface area contributed by atoms with E-state index >= 15 is 0 Å². The van der Waals surface area contributed by atoms with Crippen LogP contribution in [0, 0.1) is 5.92 Å². The summed E-state index contributed by atoms with van der Waals surface area (Å²) in [5.41, 5.74) is 3.06. The Balaban J connectivity index is 1.41. The van der Waals surface area contributed by atoms with Gasteiger partial charge in [0.2, 0.25) is 5.91 Å². The maximum Gasteiger partial charge on any atom is 0.226 e. The normalized spacial score (nSPS) is 19.0. The second-order valence-electron chi connectivity index (χ2n) is 6.96. The minimum Gasteiger partial charge on any atom is -0.390 e. The third-order valence-electron chi connectivity index (χ3n) is 4.79. The van der Waals surface area contributed by atoms with E-state index in [1.54, 1.807) is 0 Å². The standard InChI is InChI=1S/C21H21ClN2O2/c22-18-10-8-16(9-11-18)20-12-19(26-23-20)14-24(21(25)17-6-7-17)13-15-4-2-1-3-5-15/h1-5,8-11,17,19H,6-7,12-14H2/t19-/m1/s1. The van der Waals surface area contributed by atoms with Gasteiger partial charge in [-0.25, -0.2) is 0 Å². The van der Waals surface area contributed by atoms with E-state index in [2.05, 4.69) is 17.3 Å². The van der Waals surface area contributed by atoms with E-state index in [1.165, 1.54) is 0 Å². The smallest absolute Gasteiger partial charge is 0.226 e. The zero-order chi connectivity index (χ0) is 17.9. The molecule has 0 bridgehead atoms. The van der Waals surface area contributed by atoms with Gasteiger partial charge in [-0.15, -0.1) is 0 Å². The Morgan fingerprint density at radius 3 is 2.54 bits per heavy atom. The number of carbonyl (C=O) groups is 1. The molecule has 1 amide bonds. The summed E-state index contributed by atoms with van der Waals surface area (Å²) < 4.78 is 0. The molecule has 2 aromatic rings. The monoisotopic (exact) mass is 368 g/mol. The number of oxime groups is 1. The van der Waals surface area contributed by atoms with E-state index in [4.69, 9.17) is 16.4 Å². The number of halogens is 1. The van der Waals surface area contributed by atoms with Crippen LogP contribution in [-0.2, 0) is 16.2 Å². The second-order valence-corrected chi connectivity index (χ2v) is 7.39. The first kappa shape index (κ1) is 17.1. The first-order valence-electron chi connectivity index (χ1n) is 9.00. The lowest BCUT2D eigenvalue weighted by atomic mass is 10.0. The summed E-state index contributed by atoms with van der Waals surface area (Å²) in [4.78, 5) is 20.3. The number of amides is 1. The summed E-state index contributed by atoms with van der Waals surface area (Å²) in [6.45, 7) is 1.18. The second kappa shape index (κ2) is 7.50. The van der Waals surface area contributed by atoms with Gasteiger partial charge in [-0.1, -0.05) is 59.2 Å². The molecule has 0 aromatic heterocycles. The minimum atomic E-state index is -0.105. The van der Waals surface area contributed by atoms with Gasteiger partial charge >= 0.3 is 0 Å². The average Bonchev–Trinajstić information content (AvgIpc) is 3.41. The van der Waals surface area contributed by atoms with Gasteiger partial charge in [0.05, 0.1) is 12.3 Å². The highest BCUT2D eigenvalue weighted by Crippen LogP contribution is 2.32. The molecule has 0 saturated heterocycles. The van der Waals surface area contributed by atoms with Crippen LogP contribution in [0.15, 0.2) is 59.8 Å². The fraction of sp³-hybridized carbons (Fsp3) is 0.333. The molecule has 2 aliphatic rings. The molecule has 26 heavy (non-hydrogen) atoms. The van der Waals surface area contributed by atoms with Crippen LogP contribution in [0.1, 0.15) is 30.4 Å². The summed E-state index contributed by atoms with van der Waals surface area (Å²) in [5.74, 6) is 0.425. The van der Waals surface area contributed by atoms with Crippen LogP contribution in [0.2, 0.25) is 5.02 Å². The molecule has 5 heteroatoms. The fourth-order valence-electron chi connectivity index (χ4n) is 3.21. The van der Waals surface area contributed by atoms with Crippen molar-refractivity contribution in [2.45, 2.75) is 31.9 Å². The average molecular weight is 369 g/mol. The first-order valence-corrected chi connectivity index (χ1v) is 9.38. The molecule has 1 aliphatic heterocycles. The van der Waals surface area contributed by atoms with Crippen LogP contribution in [0.3, 0.4) is 0 Å². The van der Waals surface area contributed by atoms with Crippen LogP contribution < -0.4 is 0 Å². The topological polar surface area (TPSA) is 41.9 Å². The fourth-order valence-corrected chi connectivity index (χ4v) is 3.34. The van der Waals surface area contributed by atoms with Crippen molar-refractivity contribution in [3.63, 3.8) is 0 Å². The Morgan fingerprint density at radius 1 is 1.12 bits per heavy atom. The van der Waals surface area contributed by atoms with Crippen LogP contribution in [0.5, 0.6) is 0 Å². The molecule has 2 aromatic carbocycles. The Bertz CT molecular complexity index is 801. The maximum atomic E-state index is 12.7. The van der Waals surface area contributed by atoms with E-state index in [0.29, 0.717) is 24.5 Å². The lowest BCUT2D eigenvalue weighted by molar-refractivity contribution is -0.135. The van der Waals surface area contributed by atoms with Gasteiger partial charge in [-0.05, 0) is 36.1 Å². The lowest BCUT2D eigenvalue weighted by Crippen LogP contribution is -2.38. The molecule has 4 rings (SSSR count). The highest BCUT2D eigenvalue weighted by atomic mass is 35.5. The number of nitrogens with zero attached hydrogens (tertiary/aromatic N) is 2. The molecule has 134 valence electrons. The van der Waals surface area contributed by atoms with E-state index < -0.39 is 0 Å². The van der Waals surface area contributed by atoms with Crippen molar-refractivity contribution in [2.24, 2.45) is 11.1 Å².